The second kappa shape index (κ2) is 6.90. The van der Waals surface area contributed by atoms with Crippen molar-refractivity contribution in [2.45, 2.75) is 45.4 Å². The van der Waals surface area contributed by atoms with E-state index in [4.69, 9.17) is 9.84 Å². The summed E-state index contributed by atoms with van der Waals surface area (Å²) >= 11 is 0. The molecule has 0 aliphatic carbocycles. The zero-order valence-electron chi connectivity index (χ0n) is 14.0. The van der Waals surface area contributed by atoms with Gasteiger partial charge in [-0.25, -0.2) is 4.79 Å². The molecule has 7 heteroatoms. The van der Waals surface area contributed by atoms with Gasteiger partial charge in [0.05, 0.1) is 0 Å². The normalized spacial score (nSPS) is 17.7. The maximum Gasteiger partial charge on any atom is 0.408 e. The Labute approximate surface area is 140 Å². The maximum atomic E-state index is 12.6. The van der Waals surface area contributed by atoms with Gasteiger partial charge in [0, 0.05) is 13.0 Å². The fourth-order valence-corrected chi connectivity index (χ4v) is 2.58. The molecule has 2 rings (SSSR count). The smallest absolute Gasteiger partial charge is 0.408 e. The average molecular weight is 334 g/mol. The Morgan fingerprint density at radius 3 is 2.50 bits per heavy atom. The Balaban J connectivity index is 2.24. The Hall–Kier alpha value is -2.57. The molecule has 7 nitrogen and oxygen atoms in total. The zero-order chi connectivity index (χ0) is 17.9. The van der Waals surface area contributed by atoms with Crippen molar-refractivity contribution in [1.29, 1.82) is 0 Å². The van der Waals surface area contributed by atoms with Crippen LogP contribution < -0.4 is 5.32 Å². The number of amides is 2. The first-order chi connectivity index (χ1) is 11.2. The number of nitrogens with one attached hydrogen (secondary N) is 1. The number of nitrogens with zero attached hydrogens (tertiary/aromatic N) is 1. The maximum absolute atomic E-state index is 12.6. The first kappa shape index (κ1) is 17.8. The first-order valence-electron chi connectivity index (χ1n) is 7.72. The second-order valence-electron chi connectivity index (χ2n) is 6.76. The van der Waals surface area contributed by atoms with Gasteiger partial charge in [0.2, 0.25) is 5.91 Å². The summed E-state index contributed by atoms with van der Waals surface area (Å²) in [4.78, 5) is 36.9. The minimum atomic E-state index is -1.10. The summed E-state index contributed by atoms with van der Waals surface area (Å²) in [6, 6.07) is 6.55. The number of alkyl carbamates (subject to hydrolysis) is 1. The quantitative estimate of drug-likeness (QED) is 0.874. The molecule has 1 unspecified atom stereocenters. The minimum Gasteiger partial charge on any atom is -0.480 e. The summed E-state index contributed by atoms with van der Waals surface area (Å²) in [6.07, 6.45) is -0.403. The van der Waals surface area contributed by atoms with Crippen molar-refractivity contribution in [2.75, 3.05) is 6.54 Å². The molecule has 0 bridgehead atoms. The zero-order valence-corrected chi connectivity index (χ0v) is 14.0. The lowest BCUT2D eigenvalue weighted by Crippen LogP contribution is -2.50. The van der Waals surface area contributed by atoms with Crippen LogP contribution in [0.3, 0.4) is 0 Å². The third kappa shape index (κ3) is 4.71. The highest BCUT2D eigenvalue weighted by atomic mass is 16.6. The van der Waals surface area contributed by atoms with Gasteiger partial charge in [-0.2, -0.15) is 0 Å². The van der Waals surface area contributed by atoms with Crippen LogP contribution in [0.4, 0.5) is 4.79 Å². The Morgan fingerprint density at radius 2 is 1.92 bits per heavy atom. The molecular formula is C17H22N2O5. The van der Waals surface area contributed by atoms with Gasteiger partial charge in [0.25, 0.3) is 0 Å². The molecule has 2 N–H and O–H groups in total. The fraction of sp³-hybridized carbons (Fsp3) is 0.471. The largest absolute Gasteiger partial charge is 0.480 e. The molecule has 0 radical (unpaired) electrons. The van der Waals surface area contributed by atoms with E-state index >= 15 is 0 Å². The number of carboxylic acids is 1. The van der Waals surface area contributed by atoms with Crippen molar-refractivity contribution in [3.8, 4) is 0 Å². The van der Waals surface area contributed by atoms with Crippen molar-refractivity contribution in [3.05, 3.63) is 35.4 Å². The molecular weight excluding hydrogens is 312 g/mol. The van der Waals surface area contributed by atoms with Crippen molar-refractivity contribution < 1.29 is 24.2 Å². The van der Waals surface area contributed by atoms with Crippen LogP contribution in [-0.4, -0.2) is 46.2 Å². The Kier molecular flexibility index (Phi) is 5.11. The van der Waals surface area contributed by atoms with Crippen LogP contribution in [-0.2, 0) is 27.3 Å². The molecule has 1 aliphatic rings. The van der Waals surface area contributed by atoms with Crippen LogP contribution in [0, 0.1) is 0 Å². The SMILES string of the molecule is CC(C)(C)OC(=O)NC1Cc2ccccc2CN(CC(=O)O)C1=O. The van der Waals surface area contributed by atoms with E-state index in [1.165, 1.54) is 4.90 Å². The van der Waals surface area contributed by atoms with Crippen LogP contribution in [0.1, 0.15) is 31.9 Å². The lowest BCUT2D eigenvalue weighted by atomic mass is 10.0. The van der Waals surface area contributed by atoms with E-state index in [0.29, 0.717) is 6.42 Å². The standard InChI is InChI=1S/C17H22N2O5/c1-17(2,3)24-16(23)18-13-8-11-6-4-5-7-12(11)9-19(15(13)22)10-14(20)21/h4-7,13H,8-10H2,1-3H3,(H,18,23)(H,20,21). The number of benzene rings is 1. The molecule has 0 saturated heterocycles. The van der Waals surface area contributed by atoms with Crippen LogP contribution in [0.5, 0.6) is 0 Å². The van der Waals surface area contributed by atoms with Gasteiger partial charge in [0.15, 0.2) is 0 Å². The molecule has 1 atom stereocenters. The van der Waals surface area contributed by atoms with Gasteiger partial charge in [-0.05, 0) is 31.9 Å². The first-order valence-corrected chi connectivity index (χ1v) is 7.72. The molecule has 24 heavy (non-hydrogen) atoms. The summed E-state index contributed by atoms with van der Waals surface area (Å²) in [5.41, 5.74) is 1.09. The molecule has 1 aromatic rings. The van der Waals surface area contributed by atoms with E-state index in [1.54, 1.807) is 20.8 Å². The molecule has 0 aromatic heterocycles. The molecule has 1 heterocycles. The predicted octanol–water partition coefficient (Wildman–Crippen LogP) is 1.55. The van der Waals surface area contributed by atoms with Crippen LogP contribution >= 0.6 is 0 Å². The van der Waals surface area contributed by atoms with Crippen molar-refractivity contribution in [3.63, 3.8) is 0 Å². The Morgan fingerprint density at radius 1 is 1.29 bits per heavy atom. The second-order valence-corrected chi connectivity index (χ2v) is 6.76. The van der Waals surface area contributed by atoms with E-state index in [0.717, 1.165) is 11.1 Å². The predicted molar refractivity (Wildman–Crippen MR) is 86.4 cm³/mol. The number of fused-ring (bicyclic) bond motifs is 1. The number of rotatable bonds is 3. The number of hydrogen-bond acceptors (Lipinski definition) is 4. The third-order valence-corrected chi connectivity index (χ3v) is 3.53. The van der Waals surface area contributed by atoms with Crippen molar-refractivity contribution in [1.82, 2.24) is 10.2 Å². The van der Waals surface area contributed by atoms with Gasteiger partial charge in [0.1, 0.15) is 18.2 Å². The van der Waals surface area contributed by atoms with Gasteiger partial charge in [-0.3, -0.25) is 9.59 Å². The third-order valence-electron chi connectivity index (χ3n) is 3.53. The lowest BCUT2D eigenvalue weighted by Gasteiger charge is -2.25. The summed E-state index contributed by atoms with van der Waals surface area (Å²) in [7, 11) is 0. The number of aliphatic carboxylic acids is 1. The van der Waals surface area contributed by atoms with Crippen LogP contribution in [0.15, 0.2) is 24.3 Å². The van der Waals surface area contributed by atoms with Crippen molar-refractivity contribution >= 4 is 18.0 Å². The van der Waals surface area contributed by atoms with E-state index in [-0.39, 0.29) is 6.54 Å². The number of carbonyl (C=O) groups excluding carboxylic acids is 2. The molecule has 130 valence electrons. The van der Waals surface area contributed by atoms with Crippen LogP contribution in [0.2, 0.25) is 0 Å². The minimum absolute atomic E-state index is 0.202. The number of ether oxygens (including phenoxy) is 1. The lowest BCUT2D eigenvalue weighted by molar-refractivity contribution is -0.145. The summed E-state index contributed by atoms with van der Waals surface area (Å²) in [6.45, 7) is 4.97. The molecule has 1 aliphatic heterocycles. The molecule has 0 saturated carbocycles. The van der Waals surface area contributed by atoms with E-state index in [9.17, 15) is 14.4 Å². The fourth-order valence-electron chi connectivity index (χ4n) is 2.58. The highest BCUT2D eigenvalue weighted by Crippen LogP contribution is 2.20. The van der Waals surface area contributed by atoms with E-state index < -0.39 is 36.2 Å². The topological polar surface area (TPSA) is 95.9 Å². The van der Waals surface area contributed by atoms with Gasteiger partial charge < -0.3 is 20.1 Å². The molecule has 0 fully saturated rings. The average Bonchev–Trinajstić information content (AvgIpc) is 2.55. The molecule has 2 amide bonds. The molecule has 0 spiro atoms. The highest BCUT2D eigenvalue weighted by Gasteiger charge is 2.32. The number of hydrogen-bond donors (Lipinski definition) is 2. The van der Waals surface area contributed by atoms with E-state index in [2.05, 4.69) is 5.32 Å². The highest BCUT2D eigenvalue weighted by molar-refractivity contribution is 5.89. The van der Waals surface area contributed by atoms with Crippen molar-refractivity contribution in [2.24, 2.45) is 0 Å². The van der Waals surface area contributed by atoms with Gasteiger partial charge >= 0.3 is 12.1 Å². The van der Waals surface area contributed by atoms with Gasteiger partial charge in [-0.15, -0.1) is 0 Å². The number of carbonyl (C=O) groups is 3. The molecule has 1 aromatic carbocycles. The summed E-state index contributed by atoms with van der Waals surface area (Å²) < 4.78 is 5.20. The summed E-state index contributed by atoms with van der Waals surface area (Å²) in [5, 5.41) is 11.6. The van der Waals surface area contributed by atoms with Gasteiger partial charge in [-0.1, -0.05) is 24.3 Å². The monoisotopic (exact) mass is 334 g/mol. The summed E-state index contributed by atoms with van der Waals surface area (Å²) in [5.74, 6) is -1.53. The Bertz CT molecular complexity index is 651. The number of carboxylic acid groups (broad SMARTS) is 1. The van der Waals surface area contributed by atoms with E-state index in [1.807, 2.05) is 24.3 Å². The van der Waals surface area contributed by atoms with Crippen LogP contribution in [0.25, 0.3) is 0 Å².